The second-order valence-electron chi connectivity index (χ2n) is 4.17. The molecule has 6 heteroatoms. The molecule has 0 aliphatic rings. The Bertz CT molecular complexity index is 433. The van der Waals surface area contributed by atoms with E-state index in [9.17, 15) is 4.79 Å². The molecule has 0 saturated carbocycles. The van der Waals surface area contributed by atoms with Crippen molar-refractivity contribution < 1.29 is 19.0 Å². The van der Waals surface area contributed by atoms with E-state index in [1.165, 1.54) is 7.11 Å². The fourth-order valence-electron chi connectivity index (χ4n) is 1.78. The zero-order chi connectivity index (χ0) is 15.0. The number of benzene rings is 1. The highest BCUT2D eigenvalue weighted by Crippen LogP contribution is 2.27. The molecule has 1 aromatic carbocycles. The van der Waals surface area contributed by atoms with Crippen LogP contribution in [0.3, 0.4) is 0 Å². The van der Waals surface area contributed by atoms with Crippen LogP contribution in [0.5, 0.6) is 11.5 Å². The lowest BCUT2D eigenvalue weighted by atomic mass is 10.1. The average Bonchev–Trinajstić information content (AvgIpc) is 2.46. The second-order valence-corrected chi connectivity index (χ2v) is 4.97. The maximum absolute atomic E-state index is 12.2. The molecule has 0 spiro atoms. The number of nitrogens with one attached hydrogen (secondary N) is 1. The lowest BCUT2D eigenvalue weighted by Gasteiger charge is -2.17. The Morgan fingerprint density at radius 2 is 1.95 bits per heavy atom. The quantitative estimate of drug-likeness (QED) is 0.734. The number of alkyl halides is 1. The molecular formula is C14H20BrNO4. The first kappa shape index (κ1) is 16.8. The van der Waals surface area contributed by atoms with Crippen molar-refractivity contribution in [3.05, 3.63) is 23.8 Å². The normalized spacial score (nSPS) is 11.8. The van der Waals surface area contributed by atoms with Crippen molar-refractivity contribution in [2.45, 2.75) is 12.5 Å². The minimum absolute atomic E-state index is 0.0278. The molecule has 5 nitrogen and oxygen atoms in total. The largest absolute Gasteiger partial charge is 0.493 e. The Morgan fingerprint density at radius 3 is 2.50 bits per heavy atom. The Morgan fingerprint density at radius 1 is 1.25 bits per heavy atom. The number of carbonyl (C=O) groups is 1. The zero-order valence-corrected chi connectivity index (χ0v) is 13.5. The molecule has 1 amide bonds. The first-order valence-electron chi connectivity index (χ1n) is 6.24. The van der Waals surface area contributed by atoms with Gasteiger partial charge in [0, 0.05) is 18.0 Å². The maximum Gasteiger partial charge on any atom is 0.251 e. The van der Waals surface area contributed by atoms with E-state index < -0.39 is 0 Å². The summed E-state index contributed by atoms with van der Waals surface area (Å²) in [6.45, 7) is 0.477. The summed E-state index contributed by atoms with van der Waals surface area (Å²) in [6, 6.07) is 5.05. The van der Waals surface area contributed by atoms with Gasteiger partial charge in [-0.05, 0) is 24.6 Å². The SMILES string of the molecule is COCC(CCBr)NC(=O)c1ccc(OC)c(OC)c1. The predicted molar refractivity (Wildman–Crippen MR) is 81.1 cm³/mol. The van der Waals surface area contributed by atoms with Crippen LogP contribution in [0.15, 0.2) is 18.2 Å². The van der Waals surface area contributed by atoms with E-state index >= 15 is 0 Å². The summed E-state index contributed by atoms with van der Waals surface area (Å²) in [6.07, 6.45) is 0.798. The van der Waals surface area contributed by atoms with Crippen LogP contribution in [0, 0.1) is 0 Å². The number of hydrogen-bond acceptors (Lipinski definition) is 4. The van der Waals surface area contributed by atoms with E-state index in [0.29, 0.717) is 23.7 Å². The third-order valence-corrected chi connectivity index (χ3v) is 3.26. The van der Waals surface area contributed by atoms with E-state index in [1.54, 1.807) is 32.4 Å². The lowest BCUT2D eigenvalue weighted by Crippen LogP contribution is -2.38. The van der Waals surface area contributed by atoms with Crippen LogP contribution in [0.4, 0.5) is 0 Å². The number of halogens is 1. The van der Waals surface area contributed by atoms with Crippen molar-refractivity contribution in [2.75, 3.05) is 33.3 Å². The van der Waals surface area contributed by atoms with E-state index in [0.717, 1.165) is 11.8 Å². The number of amides is 1. The van der Waals surface area contributed by atoms with Gasteiger partial charge in [0.05, 0.1) is 26.9 Å². The van der Waals surface area contributed by atoms with Crippen molar-refractivity contribution >= 4 is 21.8 Å². The highest BCUT2D eigenvalue weighted by atomic mass is 79.9. The standard InChI is InChI=1S/C14H20BrNO4/c1-18-9-11(6-7-15)16-14(17)10-4-5-12(19-2)13(8-10)20-3/h4-5,8,11H,6-7,9H2,1-3H3,(H,16,17). The van der Waals surface area contributed by atoms with Gasteiger partial charge in [0.1, 0.15) is 0 Å². The van der Waals surface area contributed by atoms with E-state index in [1.807, 2.05) is 0 Å². The third kappa shape index (κ3) is 4.68. The summed E-state index contributed by atoms with van der Waals surface area (Å²) < 4.78 is 15.4. The van der Waals surface area contributed by atoms with Crippen LogP contribution in [0.2, 0.25) is 0 Å². The monoisotopic (exact) mass is 345 g/mol. The van der Waals surface area contributed by atoms with Crippen LogP contribution in [-0.4, -0.2) is 45.2 Å². The Balaban J connectivity index is 2.80. The first-order valence-corrected chi connectivity index (χ1v) is 7.36. The van der Waals surface area contributed by atoms with Crippen LogP contribution >= 0.6 is 15.9 Å². The molecule has 1 unspecified atom stereocenters. The highest BCUT2D eigenvalue weighted by molar-refractivity contribution is 9.09. The fraction of sp³-hybridized carbons (Fsp3) is 0.500. The molecule has 1 N–H and O–H groups in total. The summed E-state index contributed by atoms with van der Waals surface area (Å²) in [5, 5.41) is 3.73. The molecule has 0 aromatic heterocycles. The Labute approximate surface area is 127 Å². The molecule has 20 heavy (non-hydrogen) atoms. The molecule has 0 bridgehead atoms. The van der Waals surface area contributed by atoms with E-state index in [4.69, 9.17) is 14.2 Å². The molecule has 1 aromatic rings. The van der Waals surface area contributed by atoms with Gasteiger partial charge in [0.25, 0.3) is 5.91 Å². The summed E-state index contributed by atoms with van der Waals surface area (Å²) >= 11 is 3.36. The van der Waals surface area contributed by atoms with Crippen molar-refractivity contribution in [3.8, 4) is 11.5 Å². The zero-order valence-electron chi connectivity index (χ0n) is 11.9. The molecular weight excluding hydrogens is 326 g/mol. The van der Waals surface area contributed by atoms with E-state index in [-0.39, 0.29) is 11.9 Å². The second kappa shape index (κ2) is 8.81. The van der Waals surface area contributed by atoms with Crippen LogP contribution < -0.4 is 14.8 Å². The molecule has 0 saturated heterocycles. The third-order valence-electron chi connectivity index (χ3n) is 2.81. The molecule has 0 fully saturated rings. The van der Waals surface area contributed by atoms with Crippen LogP contribution in [0.1, 0.15) is 16.8 Å². The van der Waals surface area contributed by atoms with Gasteiger partial charge in [0.2, 0.25) is 0 Å². The number of methoxy groups -OCH3 is 3. The highest BCUT2D eigenvalue weighted by Gasteiger charge is 2.15. The van der Waals surface area contributed by atoms with Gasteiger partial charge in [-0.3, -0.25) is 4.79 Å². The molecule has 0 heterocycles. The average molecular weight is 346 g/mol. The molecule has 0 radical (unpaired) electrons. The van der Waals surface area contributed by atoms with Crippen molar-refractivity contribution in [3.63, 3.8) is 0 Å². The first-order chi connectivity index (χ1) is 9.65. The minimum atomic E-state index is -0.158. The number of carbonyl (C=O) groups excluding carboxylic acids is 1. The van der Waals surface area contributed by atoms with Gasteiger partial charge in [-0.15, -0.1) is 0 Å². The van der Waals surface area contributed by atoms with Gasteiger partial charge in [-0.1, -0.05) is 15.9 Å². The summed E-state index contributed by atoms with van der Waals surface area (Å²) in [7, 11) is 4.71. The van der Waals surface area contributed by atoms with Gasteiger partial charge in [-0.2, -0.15) is 0 Å². The lowest BCUT2D eigenvalue weighted by molar-refractivity contribution is 0.0895. The smallest absolute Gasteiger partial charge is 0.251 e. The van der Waals surface area contributed by atoms with Gasteiger partial charge < -0.3 is 19.5 Å². The fourth-order valence-corrected chi connectivity index (χ4v) is 2.33. The Kier molecular flexibility index (Phi) is 7.40. The van der Waals surface area contributed by atoms with Gasteiger partial charge in [0.15, 0.2) is 11.5 Å². The minimum Gasteiger partial charge on any atom is -0.493 e. The van der Waals surface area contributed by atoms with Crippen molar-refractivity contribution in [1.82, 2.24) is 5.32 Å². The number of hydrogen-bond donors (Lipinski definition) is 1. The Hall–Kier alpha value is -1.27. The molecule has 1 rings (SSSR count). The molecule has 1 atom stereocenters. The summed E-state index contributed by atoms with van der Waals surface area (Å²) in [5.41, 5.74) is 0.526. The van der Waals surface area contributed by atoms with Crippen LogP contribution in [0.25, 0.3) is 0 Å². The van der Waals surface area contributed by atoms with Crippen LogP contribution in [-0.2, 0) is 4.74 Å². The number of ether oxygens (including phenoxy) is 3. The number of rotatable bonds is 8. The summed E-state index contributed by atoms with van der Waals surface area (Å²) in [4.78, 5) is 12.2. The predicted octanol–water partition coefficient (Wildman–Crippen LogP) is 2.23. The molecule has 112 valence electrons. The van der Waals surface area contributed by atoms with E-state index in [2.05, 4.69) is 21.2 Å². The topological polar surface area (TPSA) is 56.8 Å². The van der Waals surface area contributed by atoms with Gasteiger partial charge in [-0.25, -0.2) is 0 Å². The molecule has 0 aliphatic heterocycles. The summed E-state index contributed by atoms with van der Waals surface area (Å²) in [5.74, 6) is 0.968. The maximum atomic E-state index is 12.2. The molecule has 0 aliphatic carbocycles. The van der Waals surface area contributed by atoms with Crippen molar-refractivity contribution in [1.29, 1.82) is 0 Å². The van der Waals surface area contributed by atoms with Crippen molar-refractivity contribution in [2.24, 2.45) is 0 Å². The van der Waals surface area contributed by atoms with Gasteiger partial charge >= 0.3 is 0 Å².